The standard InChI is InChI=1S/C31H40F2N4O4/c1-3-5-12-36-19-25(24(4-2)30(36)40)29(39)35-26(16-21-14-22(32)17-23(33)15-21)28(38)27-31(41)37(13-11-34-27)18-20-9-7-6-8-10-20/h6-10,14-15,17,24-28,34,38H,3-5,11-13,16,18-19H2,1-2H3,(H,35,39)/t24?,25?,26-,27-,28-/m0/s1. The molecule has 2 unspecified atom stereocenters. The molecule has 3 amide bonds. The molecule has 3 N–H and O–H groups in total. The maximum absolute atomic E-state index is 14.0. The molecule has 0 aliphatic carbocycles. The molecule has 5 atom stereocenters. The maximum atomic E-state index is 14.0. The van der Waals surface area contributed by atoms with Crippen LogP contribution in [0.1, 0.15) is 44.2 Å². The predicted molar refractivity (Wildman–Crippen MR) is 150 cm³/mol. The average Bonchev–Trinajstić information content (AvgIpc) is 3.27. The largest absolute Gasteiger partial charge is 0.389 e. The molecule has 8 nitrogen and oxygen atoms in total. The van der Waals surface area contributed by atoms with Crippen LogP contribution in [0.2, 0.25) is 0 Å². The number of nitrogens with zero attached hydrogens (tertiary/aromatic N) is 2. The molecule has 0 bridgehead atoms. The Labute approximate surface area is 240 Å². The number of rotatable bonds is 12. The monoisotopic (exact) mass is 570 g/mol. The topological polar surface area (TPSA) is 102 Å². The first-order valence-electron chi connectivity index (χ1n) is 14.5. The summed E-state index contributed by atoms with van der Waals surface area (Å²) in [4.78, 5) is 43.4. The van der Waals surface area contributed by atoms with Crippen molar-refractivity contribution in [1.29, 1.82) is 0 Å². The zero-order valence-electron chi connectivity index (χ0n) is 23.7. The van der Waals surface area contributed by atoms with Crippen LogP contribution in [-0.2, 0) is 27.3 Å². The minimum absolute atomic E-state index is 0.0638. The molecule has 0 spiro atoms. The normalized spacial score (nSPS) is 22.6. The number of unbranched alkanes of at least 4 members (excludes halogenated alkanes) is 1. The van der Waals surface area contributed by atoms with Crippen molar-refractivity contribution in [3.8, 4) is 0 Å². The van der Waals surface area contributed by atoms with E-state index >= 15 is 0 Å². The molecule has 222 valence electrons. The van der Waals surface area contributed by atoms with E-state index in [4.69, 9.17) is 0 Å². The van der Waals surface area contributed by atoms with E-state index in [1.54, 1.807) is 9.80 Å². The minimum Gasteiger partial charge on any atom is -0.389 e. The highest BCUT2D eigenvalue weighted by molar-refractivity contribution is 5.91. The number of aliphatic hydroxyl groups is 1. The molecule has 4 rings (SSSR count). The van der Waals surface area contributed by atoms with Crippen molar-refractivity contribution in [2.75, 3.05) is 26.2 Å². The highest BCUT2D eigenvalue weighted by atomic mass is 19.1. The van der Waals surface area contributed by atoms with Crippen molar-refractivity contribution >= 4 is 17.7 Å². The average molecular weight is 571 g/mol. The van der Waals surface area contributed by atoms with Crippen molar-refractivity contribution < 1.29 is 28.3 Å². The van der Waals surface area contributed by atoms with Gasteiger partial charge in [0, 0.05) is 38.8 Å². The first-order chi connectivity index (χ1) is 19.7. The molecular formula is C31H40F2N4O4. The molecule has 10 heteroatoms. The Hall–Kier alpha value is -3.37. The molecule has 0 aromatic heterocycles. The van der Waals surface area contributed by atoms with Crippen LogP contribution in [-0.4, -0.2) is 77.0 Å². The van der Waals surface area contributed by atoms with Gasteiger partial charge in [-0.1, -0.05) is 50.6 Å². The van der Waals surface area contributed by atoms with Crippen LogP contribution in [0.4, 0.5) is 8.78 Å². The third kappa shape index (κ3) is 7.48. The lowest BCUT2D eigenvalue weighted by atomic mass is 9.90. The number of carbonyl (C=O) groups excluding carboxylic acids is 3. The fraction of sp³-hybridized carbons (Fsp3) is 0.516. The SMILES string of the molecule is CCCCN1CC(C(=O)N[C@@H](Cc2cc(F)cc(F)c2)[C@H](O)[C@@H]2NCCN(Cc3ccccc3)C2=O)C(CC)C1=O. The van der Waals surface area contributed by atoms with Crippen LogP contribution >= 0.6 is 0 Å². The van der Waals surface area contributed by atoms with E-state index in [0.29, 0.717) is 32.6 Å². The lowest BCUT2D eigenvalue weighted by Crippen LogP contribution is -2.64. The van der Waals surface area contributed by atoms with Crippen molar-refractivity contribution in [2.45, 2.75) is 64.3 Å². The number of carbonyl (C=O) groups is 3. The van der Waals surface area contributed by atoms with Crippen LogP contribution in [0.3, 0.4) is 0 Å². The van der Waals surface area contributed by atoms with Crippen LogP contribution < -0.4 is 10.6 Å². The molecule has 2 fully saturated rings. The van der Waals surface area contributed by atoms with Crippen molar-refractivity contribution in [3.05, 3.63) is 71.3 Å². The second kappa shape index (κ2) is 14.0. The number of nitrogens with one attached hydrogen (secondary N) is 2. The van der Waals surface area contributed by atoms with Gasteiger partial charge in [-0.15, -0.1) is 0 Å². The Morgan fingerprint density at radius 1 is 1.05 bits per heavy atom. The molecule has 2 aromatic rings. The summed E-state index contributed by atoms with van der Waals surface area (Å²) in [6, 6.07) is 10.5. The Morgan fingerprint density at radius 2 is 1.76 bits per heavy atom. The van der Waals surface area contributed by atoms with Crippen LogP contribution in [0.25, 0.3) is 0 Å². The highest BCUT2D eigenvalue weighted by Crippen LogP contribution is 2.29. The van der Waals surface area contributed by atoms with Gasteiger partial charge in [-0.25, -0.2) is 8.78 Å². The number of halogens is 2. The molecule has 0 radical (unpaired) electrons. The van der Waals surface area contributed by atoms with E-state index in [1.165, 1.54) is 0 Å². The van der Waals surface area contributed by atoms with E-state index in [1.807, 2.05) is 44.2 Å². The second-order valence-corrected chi connectivity index (χ2v) is 11.0. The number of aliphatic hydroxyl groups excluding tert-OH is 1. The summed E-state index contributed by atoms with van der Waals surface area (Å²) in [7, 11) is 0. The van der Waals surface area contributed by atoms with Gasteiger partial charge in [-0.3, -0.25) is 14.4 Å². The summed E-state index contributed by atoms with van der Waals surface area (Å²) in [5, 5.41) is 17.5. The Bertz CT molecular complexity index is 1190. The molecule has 2 aliphatic heterocycles. The Morgan fingerprint density at radius 3 is 2.41 bits per heavy atom. The van der Waals surface area contributed by atoms with Gasteiger partial charge in [0.2, 0.25) is 17.7 Å². The lowest BCUT2D eigenvalue weighted by molar-refractivity contribution is -0.141. The molecule has 2 heterocycles. The number of hydrogen-bond donors (Lipinski definition) is 3. The fourth-order valence-electron chi connectivity index (χ4n) is 5.88. The van der Waals surface area contributed by atoms with Crippen LogP contribution in [0, 0.1) is 23.5 Å². The number of hydrogen-bond acceptors (Lipinski definition) is 5. The van der Waals surface area contributed by atoms with Gasteiger partial charge in [-0.05, 0) is 42.5 Å². The van der Waals surface area contributed by atoms with Crippen molar-refractivity contribution in [3.63, 3.8) is 0 Å². The van der Waals surface area contributed by atoms with E-state index in [2.05, 4.69) is 10.6 Å². The molecule has 2 aromatic carbocycles. The third-order valence-corrected chi connectivity index (χ3v) is 8.09. The predicted octanol–water partition coefficient (Wildman–Crippen LogP) is 2.64. The summed E-state index contributed by atoms with van der Waals surface area (Å²) >= 11 is 0. The number of benzene rings is 2. The minimum atomic E-state index is -1.40. The maximum Gasteiger partial charge on any atom is 0.242 e. The van der Waals surface area contributed by atoms with Gasteiger partial charge in [-0.2, -0.15) is 0 Å². The van der Waals surface area contributed by atoms with Gasteiger partial charge in [0.25, 0.3) is 0 Å². The molecule has 0 saturated carbocycles. The summed E-state index contributed by atoms with van der Waals surface area (Å²) < 4.78 is 28.1. The smallest absolute Gasteiger partial charge is 0.242 e. The quantitative estimate of drug-likeness (QED) is 0.364. The number of amides is 3. The van der Waals surface area contributed by atoms with Crippen LogP contribution in [0.5, 0.6) is 0 Å². The van der Waals surface area contributed by atoms with E-state index in [0.717, 1.165) is 36.6 Å². The summed E-state index contributed by atoms with van der Waals surface area (Å²) in [6.45, 7) is 5.97. The molecule has 41 heavy (non-hydrogen) atoms. The summed E-state index contributed by atoms with van der Waals surface area (Å²) in [5.74, 6) is -3.50. The summed E-state index contributed by atoms with van der Waals surface area (Å²) in [5.41, 5.74) is 1.18. The summed E-state index contributed by atoms with van der Waals surface area (Å²) in [6.07, 6.45) is 0.726. The fourth-order valence-corrected chi connectivity index (χ4v) is 5.88. The highest BCUT2D eigenvalue weighted by Gasteiger charge is 2.45. The molecular weight excluding hydrogens is 530 g/mol. The first kappa shape index (κ1) is 30.6. The van der Waals surface area contributed by atoms with Gasteiger partial charge in [0.15, 0.2) is 0 Å². The number of likely N-dealkylation sites (tertiary alicyclic amines) is 1. The van der Waals surface area contributed by atoms with Crippen molar-refractivity contribution in [1.82, 2.24) is 20.4 Å². The van der Waals surface area contributed by atoms with Crippen LogP contribution in [0.15, 0.2) is 48.5 Å². The van der Waals surface area contributed by atoms with Gasteiger partial charge < -0.3 is 25.5 Å². The van der Waals surface area contributed by atoms with Gasteiger partial charge in [0.05, 0.1) is 24.0 Å². The van der Waals surface area contributed by atoms with Gasteiger partial charge >= 0.3 is 0 Å². The Kier molecular flexibility index (Phi) is 10.4. The van der Waals surface area contributed by atoms with E-state index in [-0.39, 0.29) is 30.3 Å². The lowest BCUT2D eigenvalue weighted by Gasteiger charge is -2.38. The third-order valence-electron chi connectivity index (χ3n) is 8.09. The van der Waals surface area contributed by atoms with E-state index in [9.17, 15) is 28.3 Å². The zero-order valence-corrected chi connectivity index (χ0v) is 23.7. The first-order valence-corrected chi connectivity index (χ1v) is 14.5. The number of piperazine rings is 1. The Balaban J connectivity index is 1.55. The van der Waals surface area contributed by atoms with Gasteiger partial charge in [0.1, 0.15) is 17.7 Å². The van der Waals surface area contributed by atoms with E-state index < -0.39 is 47.6 Å². The molecule has 2 aliphatic rings. The zero-order chi connectivity index (χ0) is 29.5. The molecule has 2 saturated heterocycles. The van der Waals surface area contributed by atoms with Crippen molar-refractivity contribution in [2.24, 2.45) is 11.8 Å². The second-order valence-electron chi connectivity index (χ2n) is 11.0.